The van der Waals surface area contributed by atoms with Gasteiger partial charge < -0.3 is 0 Å². The van der Waals surface area contributed by atoms with Gasteiger partial charge >= 0.3 is 45.1 Å². The standard InChI is InChI=1S/C2H6OP2S/c1-2-3-5(4)6/h6H,2H2,1H3. The van der Waals surface area contributed by atoms with Gasteiger partial charge in [-0.15, -0.1) is 0 Å². The van der Waals surface area contributed by atoms with Gasteiger partial charge in [0, 0.05) is 0 Å². The van der Waals surface area contributed by atoms with E-state index in [0.717, 1.165) is 0 Å². The maximum absolute atomic E-state index is 4.83. The summed E-state index contributed by atoms with van der Waals surface area (Å²) in [6.45, 7) is 1.91. The molecule has 0 N–H and O–H groups in total. The number of thiol groups is 1. The second-order valence-electron chi connectivity index (χ2n) is 0.671. The van der Waals surface area contributed by atoms with Crippen molar-refractivity contribution >= 4 is 27.0 Å². The molecule has 0 aliphatic heterocycles. The van der Waals surface area contributed by atoms with E-state index in [1.54, 1.807) is 0 Å². The first-order chi connectivity index (χ1) is 2.77. The molecule has 4 heteroatoms. The van der Waals surface area contributed by atoms with Gasteiger partial charge in [0.15, 0.2) is 0 Å². The first-order valence-electron chi connectivity index (χ1n) is 1.58. The zero-order chi connectivity index (χ0) is 4.99. The van der Waals surface area contributed by atoms with Crippen molar-refractivity contribution in [3.8, 4) is 0 Å². The third-order valence-corrected chi connectivity index (χ3v) is 1.43. The molecule has 0 aromatic rings. The van der Waals surface area contributed by atoms with E-state index < -0.39 is 6.45 Å². The molecular formula is C2H6OP2S. The molecule has 0 radical (unpaired) electrons. The van der Waals surface area contributed by atoms with E-state index in [1.165, 1.54) is 0 Å². The van der Waals surface area contributed by atoms with Crippen LogP contribution < -0.4 is 0 Å². The van der Waals surface area contributed by atoms with Crippen LogP contribution in [-0.2, 0) is 4.52 Å². The molecule has 0 amide bonds. The zero-order valence-electron chi connectivity index (χ0n) is 3.46. The van der Waals surface area contributed by atoms with Crippen molar-refractivity contribution < 1.29 is 4.52 Å². The minimum absolute atomic E-state index is 0.707. The molecule has 0 saturated heterocycles. The Hall–Kier alpha value is 1.04. The molecule has 0 aliphatic rings. The fourth-order valence-electron chi connectivity index (χ4n) is 0.115. The Balaban J connectivity index is 2.91. The van der Waals surface area contributed by atoms with Crippen LogP contribution in [0, 0.1) is 0 Å². The summed E-state index contributed by atoms with van der Waals surface area (Å²) in [5.74, 6) is 0. The van der Waals surface area contributed by atoms with Crippen LogP contribution in [0.5, 0.6) is 0 Å². The van der Waals surface area contributed by atoms with Crippen LogP contribution in [0.25, 0.3) is 0 Å². The molecule has 1 atom stereocenters. The summed E-state index contributed by atoms with van der Waals surface area (Å²) in [5, 5.41) is 0. The van der Waals surface area contributed by atoms with Crippen molar-refractivity contribution in [2.24, 2.45) is 0 Å². The van der Waals surface area contributed by atoms with E-state index in [-0.39, 0.29) is 0 Å². The van der Waals surface area contributed by atoms with E-state index in [0.29, 0.717) is 6.61 Å². The summed E-state index contributed by atoms with van der Waals surface area (Å²) in [4.78, 5) is 0. The average molecular weight is 140 g/mol. The van der Waals surface area contributed by atoms with E-state index in [1.807, 2.05) is 6.92 Å². The number of hydrogen-bond acceptors (Lipinski definition) is 2. The van der Waals surface area contributed by atoms with Crippen LogP contribution in [-0.4, -0.2) is 6.61 Å². The Morgan fingerprint density at radius 3 is 2.50 bits per heavy atom. The zero-order valence-corrected chi connectivity index (χ0v) is 6.14. The topological polar surface area (TPSA) is 9.23 Å². The van der Waals surface area contributed by atoms with E-state index in [9.17, 15) is 0 Å². The molecule has 0 saturated carbocycles. The molecule has 0 aliphatic carbocycles. The fourth-order valence-corrected chi connectivity index (χ4v) is 1.04. The first kappa shape index (κ1) is 7.04. The summed E-state index contributed by atoms with van der Waals surface area (Å²) in [5.41, 5.74) is 0. The van der Waals surface area contributed by atoms with Gasteiger partial charge in [-0.25, -0.2) is 0 Å². The first-order valence-corrected chi connectivity index (χ1v) is 5.14. The Labute approximate surface area is 45.8 Å². The van der Waals surface area contributed by atoms with Crippen LogP contribution >= 0.6 is 27.0 Å². The number of rotatable bonds is 1. The SMILES string of the molecule is CCOP(#P)S. The van der Waals surface area contributed by atoms with E-state index in [4.69, 9.17) is 4.52 Å². The molecule has 1 nitrogen and oxygen atoms in total. The monoisotopic (exact) mass is 140 g/mol. The van der Waals surface area contributed by atoms with Gasteiger partial charge in [0.25, 0.3) is 0 Å². The van der Waals surface area contributed by atoms with E-state index >= 15 is 0 Å². The van der Waals surface area contributed by atoms with Crippen LogP contribution in [0.1, 0.15) is 6.92 Å². The van der Waals surface area contributed by atoms with Gasteiger partial charge in [0.2, 0.25) is 0 Å². The molecule has 0 bridgehead atoms. The maximum atomic E-state index is 4.83. The van der Waals surface area contributed by atoms with Crippen LogP contribution in [0.4, 0.5) is 0 Å². The molecule has 36 valence electrons. The second kappa shape index (κ2) is 4.21. The molecule has 1 unspecified atom stereocenters. The van der Waals surface area contributed by atoms with Gasteiger partial charge in [-0.1, -0.05) is 0 Å². The van der Waals surface area contributed by atoms with Crippen molar-refractivity contribution in [3.63, 3.8) is 0 Å². The fraction of sp³-hybridized carbons (Fsp3) is 1.00. The van der Waals surface area contributed by atoms with E-state index in [2.05, 4.69) is 20.6 Å². The molecule has 0 rings (SSSR count). The molecule has 0 aromatic heterocycles. The van der Waals surface area contributed by atoms with Crippen LogP contribution in [0.2, 0.25) is 0 Å². The van der Waals surface area contributed by atoms with Crippen LogP contribution in [0.3, 0.4) is 0 Å². The van der Waals surface area contributed by atoms with Crippen molar-refractivity contribution in [1.82, 2.24) is 0 Å². The summed E-state index contributed by atoms with van der Waals surface area (Å²) in [6.07, 6.45) is 0. The van der Waals surface area contributed by atoms with Gasteiger partial charge in [0.05, 0.1) is 0 Å². The molecular weight excluding hydrogens is 134 g/mol. The molecule has 0 spiro atoms. The quantitative estimate of drug-likeness (QED) is 0.435. The normalized spacial score (nSPS) is 11.2. The molecule has 0 heterocycles. The third kappa shape index (κ3) is 5.04. The predicted molar refractivity (Wildman–Crippen MR) is 34.5 cm³/mol. The van der Waals surface area contributed by atoms with Crippen molar-refractivity contribution in [3.05, 3.63) is 0 Å². The van der Waals surface area contributed by atoms with Gasteiger partial charge in [-0.3, -0.25) is 0 Å². The molecule has 6 heavy (non-hydrogen) atoms. The van der Waals surface area contributed by atoms with Gasteiger partial charge in [-0.2, -0.15) is 0 Å². The van der Waals surface area contributed by atoms with Gasteiger partial charge in [-0.05, 0) is 0 Å². The summed E-state index contributed by atoms with van der Waals surface area (Å²) in [7, 11) is 3.88. The third-order valence-electron chi connectivity index (χ3n) is 0.245. The second-order valence-corrected chi connectivity index (χ2v) is 4.56. The van der Waals surface area contributed by atoms with Crippen molar-refractivity contribution in [2.75, 3.05) is 6.61 Å². The summed E-state index contributed by atoms with van der Waals surface area (Å²) < 4.78 is 4.83. The van der Waals surface area contributed by atoms with Crippen molar-refractivity contribution in [2.45, 2.75) is 6.92 Å². The van der Waals surface area contributed by atoms with Crippen LogP contribution in [0.15, 0.2) is 0 Å². The molecule has 0 aromatic carbocycles. The summed E-state index contributed by atoms with van der Waals surface area (Å²) >= 11 is 3.88. The summed E-state index contributed by atoms with van der Waals surface area (Å²) in [6, 6.07) is 0. The Morgan fingerprint density at radius 2 is 2.50 bits per heavy atom. The Bertz CT molecular complexity index is 83.3. The number of hydrogen-bond donors (Lipinski definition) is 1. The Morgan fingerprint density at radius 1 is 2.00 bits per heavy atom. The minimum atomic E-state index is -0.712. The molecule has 0 fully saturated rings. The van der Waals surface area contributed by atoms with Crippen molar-refractivity contribution in [1.29, 1.82) is 0 Å². The Kier molecular flexibility index (Phi) is 4.93. The van der Waals surface area contributed by atoms with Gasteiger partial charge in [0.1, 0.15) is 0 Å². The predicted octanol–water partition coefficient (Wildman–Crippen LogP) is 2.59. The average Bonchev–Trinajstić information content (AvgIpc) is 1.35.